The Bertz CT molecular complexity index is 435. The van der Waals surface area contributed by atoms with Gasteiger partial charge in [-0.2, -0.15) is 5.26 Å². The van der Waals surface area contributed by atoms with Gasteiger partial charge in [0.05, 0.1) is 11.3 Å². The van der Waals surface area contributed by atoms with E-state index in [1.165, 1.54) is 0 Å². The lowest BCUT2D eigenvalue weighted by Crippen LogP contribution is -2.14. The van der Waals surface area contributed by atoms with E-state index in [2.05, 4.69) is 5.32 Å². The van der Waals surface area contributed by atoms with Gasteiger partial charge in [0.2, 0.25) is 5.91 Å². The minimum atomic E-state index is -0.103. The molecule has 1 rings (SSSR count). The molecule has 16 heavy (non-hydrogen) atoms. The highest BCUT2D eigenvalue weighted by molar-refractivity contribution is 6.31. The fraction of sp³-hybridized carbons (Fsp3) is 0.333. The van der Waals surface area contributed by atoms with Crippen LogP contribution in [-0.2, 0) is 4.79 Å². The van der Waals surface area contributed by atoms with Crippen LogP contribution in [0, 0.1) is 17.2 Å². The molecule has 0 aliphatic rings. The second kappa shape index (κ2) is 5.53. The summed E-state index contributed by atoms with van der Waals surface area (Å²) >= 11 is 5.80. The highest BCUT2D eigenvalue weighted by Gasteiger charge is 2.08. The first kappa shape index (κ1) is 12.5. The smallest absolute Gasteiger partial charge is 0.224 e. The molecule has 0 unspecified atom stereocenters. The number of nitrogens with one attached hydrogen (secondary N) is 1. The van der Waals surface area contributed by atoms with Crippen molar-refractivity contribution in [3.63, 3.8) is 0 Å². The number of halogens is 1. The molecule has 0 atom stereocenters. The van der Waals surface area contributed by atoms with E-state index in [-0.39, 0.29) is 11.8 Å². The average Bonchev–Trinajstić information content (AvgIpc) is 2.16. The standard InChI is InChI=1S/C12H13ClN2O/c1-8(2)5-12(16)15-11-6-10(13)4-3-9(11)7-14/h3-4,6,8H,5H2,1-2H3,(H,15,16). The lowest BCUT2D eigenvalue weighted by molar-refractivity contribution is -0.116. The fourth-order valence-corrected chi connectivity index (χ4v) is 1.46. The van der Waals surface area contributed by atoms with Gasteiger partial charge in [-0.1, -0.05) is 25.4 Å². The summed E-state index contributed by atoms with van der Waals surface area (Å²) in [6, 6.07) is 6.80. The normalized spacial score (nSPS) is 9.94. The quantitative estimate of drug-likeness (QED) is 0.876. The van der Waals surface area contributed by atoms with Gasteiger partial charge in [-0.05, 0) is 24.1 Å². The van der Waals surface area contributed by atoms with E-state index >= 15 is 0 Å². The summed E-state index contributed by atoms with van der Waals surface area (Å²) in [5.74, 6) is 0.179. The Labute approximate surface area is 100 Å². The number of amides is 1. The van der Waals surface area contributed by atoms with Crippen molar-refractivity contribution in [1.82, 2.24) is 0 Å². The molecule has 0 bridgehead atoms. The van der Waals surface area contributed by atoms with Gasteiger partial charge >= 0.3 is 0 Å². The highest BCUT2D eigenvalue weighted by Crippen LogP contribution is 2.20. The zero-order valence-corrected chi connectivity index (χ0v) is 10.0. The number of hydrogen-bond acceptors (Lipinski definition) is 2. The van der Waals surface area contributed by atoms with E-state index in [4.69, 9.17) is 16.9 Å². The third-order valence-corrected chi connectivity index (χ3v) is 2.20. The summed E-state index contributed by atoms with van der Waals surface area (Å²) in [5, 5.41) is 12.0. The minimum Gasteiger partial charge on any atom is -0.325 e. The number of carbonyl (C=O) groups excluding carboxylic acids is 1. The first-order valence-corrected chi connectivity index (χ1v) is 5.40. The maximum absolute atomic E-state index is 11.5. The summed E-state index contributed by atoms with van der Waals surface area (Å²) in [4.78, 5) is 11.5. The summed E-state index contributed by atoms with van der Waals surface area (Å²) in [6.07, 6.45) is 0.428. The molecule has 1 aromatic carbocycles. The summed E-state index contributed by atoms with van der Waals surface area (Å²) in [6.45, 7) is 3.92. The van der Waals surface area contributed by atoms with E-state index in [9.17, 15) is 4.79 Å². The number of anilines is 1. The van der Waals surface area contributed by atoms with Crippen molar-refractivity contribution in [2.45, 2.75) is 20.3 Å². The molecule has 1 aromatic rings. The number of benzene rings is 1. The third-order valence-electron chi connectivity index (χ3n) is 1.97. The molecule has 0 heterocycles. The second-order valence-electron chi connectivity index (χ2n) is 3.95. The van der Waals surface area contributed by atoms with Crippen molar-refractivity contribution in [3.8, 4) is 6.07 Å². The van der Waals surface area contributed by atoms with Gasteiger partial charge in [-0.25, -0.2) is 0 Å². The Hall–Kier alpha value is -1.53. The van der Waals surface area contributed by atoms with E-state index in [1.54, 1.807) is 18.2 Å². The molecule has 1 amide bonds. The molecule has 0 aliphatic heterocycles. The van der Waals surface area contributed by atoms with Gasteiger partial charge < -0.3 is 5.32 Å². The summed E-state index contributed by atoms with van der Waals surface area (Å²) < 4.78 is 0. The Balaban J connectivity index is 2.84. The fourth-order valence-electron chi connectivity index (χ4n) is 1.29. The van der Waals surface area contributed by atoms with E-state index < -0.39 is 0 Å². The van der Waals surface area contributed by atoms with Crippen molar-refractivity contribution in [3.05, 3.63) is 28.8 Å². The number of nitrogens with zero attached hydrogens (tertiary/aromatic N) is 1. The lowest BCUT2D eigenvalue weighted by atomic mass is 10.1. The van der Waals surface area contributed by atoms with Crippen molar-refractivity contribution >= 4 is 23.2 Å². The monoisotopic (exact) mass is 236 g/mol. The molecule has 4 heteroatoms. The minimum absolute atomic E-state index is 0.103. The second-order valence-corrected chi connectivity index (χ2v) is 4.38. The maximum Gasteiger partial charge on any atom is 0.224 e. The van der Waals surface area contributed by atoms with Crippen LogP contribution in [0.5, 0.6) is 0 Å². The Morgan fingerprint density at radius 2 is 2.25 bits per heavy atom. The van der Waals surface area contributed by atoms with Crippen LogP contribution in [0.25, 0.3) is 0 Å². The Kier molecular flexibility index (Phi) is 4.33. The molecule has 0 radical (unpaired) electrons. The van der Waals surface area contributed by atoms with Crippen molar-refractivity contribution in [2.24, 2.45) is 5.92 Å². The number of nitriles is 1. The van der Waals surface area contributed by atoms with Crippen LogP contribution in [0.3, 0.4) is 0 Å². The van der Waals surface area contributed by atoms with Crippen LogP contribution in [0.15, 0.2) is 18.2 Å². The molecular formula is C12H13ClN2O. The van der Waals surface area contributed by atoms with Crippen molar-refractivity contribution < 1.29 is 4.79 Å². The van der Waals surface area contributed by atoms with Gasteiger partial charge in [0.1, 0.15) is 6.07 Å². The lowest BCUT2D eigenvalue weighted by Gasteiger charge is -2.08. The van der Waals surface area contributed by atoms with Crippen LogP contribution in [-0.4, -0.2) is 5.91 Å². The van der Waals surface area contributed by atoms with Crippen LogP contribution in [0.4, 0.5) is 5.69 Å². The number of hydrogen-bond donors (Lipinski definition) is 1. The summed E-state index contributed by atoms with van der Waals surface area (Å²) in [7, 11) is 0. The molecule has 0 aliphatic carbocycles. The molecule has 0 saturated carbocycles. The van der Waals surface area contributed by atoms with Gasteiger partial charge in [-0.3, -0.25) is 4.79 Å². The van der Waals surface area contributed by atoms with Crippen LogP contribution in [0.1, 0.15) is 25.8 Å². The molecule has 1 N–H and O–H groups in total. The summed E-state index contributed by atoms with van der Waals surface area (Å²) in [5.41, 5.74) is 0.891. The van der Waals surface area contributed by atoms with Crippen molar-refractivity contribution in [2.75, 3.05) is 5.32 Å². The van der Waals surface area contributed by atoms with Crippen LogP contribution in [0.2, 0.25) is 5.02 Å². The molecule has 0 spiro atoms. The molecular weight excluding hydrogens is 224 g/mol. The average molecular weight is 237 g/mol. The molecule has 0 fully saturated rings. The number of rotatable bonds is 3. The molecule has 0 aromatic heterocycles. The maximum atomic E-state index is 11.5. The zero-order chi connectivity index (χ0) is 12.1. The van der Waals surface area contributed by atoms with Gasteiger partial charge in [-0.15, -0.1) is 0 Å². The van der Waals surface area contributed by atoms with Crippen LogP contribution >= 0.6 is 11.6 Å². The van der Waals surface area contributed by atoms with Gasteiger partial charge in [0.15, 0.2) is 0 Å². The topological polar surface area (TPSA) is 52.9 Å². The van der Waals surface area contributed by atoms with E-state index in [0.717, 1.165) is 0 Å². The molecule has 0 saturated heterocycles. The largest absolute Gasteiger partial charge is 0.325 e. The van der Waals surface area contributed by atoms with Crippen molar-refractivity contribution in [1.29, 1.82) is 5.26 Å². The number of carbonyl (C=O) groups is 1. The predicted molar refractivity (Wildman–Crippen MR) is 64.3 cm³/mol. The van der Waals surface area contributed by atoms with Crippen LogP contribution < -0.4 is 5.32 Å². The highest BCUT2D eigenvalue weighted by atomic mass is 35.5. The Morgan fingerprint density at radius 3 is 2.81 bits per heavy atom. The first-order chi connectivity index (χ1) is 7.52. The predicted octanol–water partition coefficient (Wildman–Crippen LogP) is 3.20. The SMILES string of the molecule is CC(C)CC(=O)Nc1cc(Cl)ccc1C#N. The first-order valence-electron chi connectivity index (χ1n) is 5.02. The van der Waals surface area contributed by atoms with E-state index in [1.807, 2.05) is 19.9 Å². The van der Waals surface area contributed by atoms with Gasteiger partial charge in [0.25, 0.3) is 0 Å². The van der Waals surface area contributed by atoms with E-state index in [0.29, 0.717) is 22.7 Å². The Morgan fingerprint density at radius 1 is 1.56 bits per heavy atom. The zero-order valence-electron chi connectivity index (χ0n) is 9.25. The van der Waals surface area contributed by atoms with Gasteiger partial charge in [0, 0.05) is 11.4 Å². The third kappa shape index (κ3) is 3.56. The molecule has 84 valence electrons. The molecule has 3 nitrogen and oxygen atoms in total.